The lowest BCUT2D eigenvalue weighted by atomic mass is 10.3. The number of fused-ring (bicyclic) bond motifs is 1. The fourth-order valence-corrected chi connectivity index (χ4v) is 4.43. The zero-order valence-corrected chi connectivity index (χ0v) is 17.4. The van der Waals surface area contributed by atoms with Gasteiger partial charge in [0, 0.05) is 6.54 Å². The fourth-order valence-electron chi connectivity index (χ4n) is 2.36. The molecule has 1 atom stereocenters. The van der Waals surface area contributed by atoms with E-state index in [9.17, 15) is 9.59 Å². The molecule has 0 bridgehead atoms. The van der Waals surface area contributed by atoms with Crippen LogP contribution in [0.4, 0.5) is 5.69 Å². The van der Waals surface area contributed by atoms with Crippen LogP contribution in [0.1, 0.15) is 6.92 Å². The number of carbonyl (C=O) groups excluding carboxylic acids is 1. The minimum Gasteiger partial charge on any atom is -0.324 e. The van der Waals surface area contributed by atoms with Crippen LogP contribution in [0.3, 0.4) is 0 Å². The molecule has 0 saturated carbocycles. The van der Waals surface area contributed by atoms with Crippen molar-refractivity contribution < 1.29 is 4.79 Å². The molecule has 0 aliphatic rings. The monoisotopic (exact) mass is 439 g/mol. The van der Waals surface area contributed by atoms with Crippen LogP contribution < -0.4 is 10.9 Å². The first-order valence-electron chi connectivity index (χ1n) is 7.93. The van der Waals surface area contributed by atoms with Gasteiger partial charge in [-0.2, -0.15) is 0 Å². The van der Waals surface area contributed by atoms with Crippen molar-refractivity contribution in [3.8, 4) is 0 Å². The quantitative estimate of drug-likeness (QED) is 0.330. The average Bonchev–Trinajstić information content (AvgIpc) is 3.11. The number of anilines is 1. The van der Waals surface area contributed by atoms with Crippen molar-refractivity contribution in [1.82, 2.24) is 9.55 Å². The van der Waals surface area contributed by atoms with Crippen LogP contribution in [0.5, 0.6) is 0 Å². The Kier molecular flexibility index (Phi) is 6.26. The highest BCUT2D eigenvalue weighted by Crippen LogP contribution is 2.31. The van der Waals surface area contributed by atoms with Gasteiger partial charge in [0.25, 0.3) is 5.56 Å². The molecule has 2 aromatic heterocycles. The number of rotatable bonds is 6. The van der Waals surface area contributed by atoms with Crippen molar-refractivity contribution in [2.24, 2.45) is 0 Å². The smallest absolute Gasteiger partial charge is 0.263 e. The fraction of sp³-hybridized carbons (Fsp3) is 0.167. The van der Waals surface area contributed by atoms with Crippen molar-refractivity contribution in [1.29, 1.82) is 0 Å². The first-order chi connectivity index (χ1) is 12.9. The van der Waals surface area contributed by atoms with Gasteiger partial charge in [0.15, 0.2) is 5.16 Å². The van der Waals surface area contributed by atoms with E-state index < -0.39 is 5.25 Å². The number of hydrogen-bond donors (Lipinski definition) is 1. The largest absolute Gasteiger partial charge is 0.324 e. The third-order valence-electron chi connectivity index (χ3n) is 3.72. The normalized spacial score (nSPS) is 12.1. The summed E-state index contributed by atoms with van der Waals surface area (Å²) in [6.07, 6.45) is 1.63. The number of thiophene rings is 1. The number of benzene rings is 1. The predicted octanol–water partition coefficient (Wildman–Crippen LogP) is 5.07. The Morgan fingerprint density at radius 2 is 2.22 bits per heavy atom. The van der Waals surface area contributed by atoms with Crippen molar-refractivity contribution in [3.05, 3.63) is 62.7 Å². The van der Waals surface area contributed by atoms with Gasteiger partial charge in [0.2, 0.25) is 5.91 Å². The van der Waals surface area contributed by atoms with E-state index in [-0.39, 0.29) is 16.5 Å². The van der Waals surface area contributed by atoms with Crippen molar-refractivity contribution in [2.45, 2.75) is 23.9 Å². The van der Waals surface area contributed by atoms with Crippen LogP contribution in [0.25, 0.3) is 10.2 Å². The summed E-state index contributed by atoms with van der Waals surface area (Å²) < 4.78 is 1.52. The highest BCUT2D eigenvalue weighted by atomic mass is 35.5. The topological polar surface area (TPSA) is 64.0 Å². The number of amides is 1. The van der Waals surface area contributed by atoms with E-state index in [0.29, 0.717) is 32.6 Å². The number of halogens is 2. The first kappa shape index (κ1) is 19.9. The van der Waals surface area contributed by atoms with Crippen LogP contribution in [-0.4, -0.2) is 20.7 Å². The molecular formula is C18H15Cl2N3O2S2. The molecule has 0 radical (unpaired) electrons. The highest BCUT2D eigenvalue weighted by molar-refractivity contribution is 8.00. The van der Waals surface area contributed by atoms with E-state index in [0.717, 1.165) is 0 Å². The summed E-state index contributed by atoms with van der Waals surface area (Å²) in [5.74, 6) is -0.269. The van der Waals surface area contributed by atoms with E-state index in [4.69, 9.17) is 23.2 Å². The van der Waals surface area contributed by atoms with Gasteiger partial charge in [-0.05, 0) is 30.5 Å². The van der Waals surface area contributed by atoms with Gasteiger partial charge in [0.05, 0.1) is 26.4 Å². The van der Waals surface area contributed by atoms with E-state index >= 15 is 0 Å². The Morgan fingerprint density at radius 3 is 2.96 bits per heavy atom. The summed E-state index contributed by atoms with van der Waals surface area (Å²) in [4.78, 5) is 30.4. The standard InChI is InChI=1S/C18H15Cl2N3O2S2/c1-3-8-23-17(25)11-7-9-26-16(11)22-18(23)27-10(2)15(24)21-13-6-4-5-12(19)14(13)20/h3-7,9-10H,1,8H2,2H3,(H,21,24). The molecule has 3 aromatic rings. The van der Waals surface area contributed by atoms with Gasteiger partial charge >= 0.3 is 0 Å². The van der Waals surface area contributed by atoms with E-state index in [1.54, 1.807) is 37.3 Å². The summed E-state index contributed by atoms with van der Waals surface area (Å²) in [5.41, 5.74) is 0.293. The molecule has 9 heteroatoms. The van der Waals surface area contributed by atoms with Crippen LogP contribution in [0.15, 0.2) is 52.3 Å². The summed E-state index contributed by atoms with van der Waals surface area (Å²) in [5, 5.41) is 5.74. The van der Waals surface area contributed by atoms with Crippen LogP contribution in [0, 0.1) is 0 Å². The number of nitrogens with one attached hydrogen (secondary N) is 1. The van der Waals surface area contributed by atoms with Crippen molar-refractivity contribution >= 4 is 68.1 Å². The molecule has 140 valence electrons. The molecule has 1 amide bonds. The van der Waals surface area contributed by atoms with Gasteiger partial charge < -0.3 is 5.32 Å². The van der Waals surface area contributed by atoms with E-state index in [1.807, 2.05) is 5.38 Å². The second-order valence-electron chi connectivity index (χ2n) is 5.59. The molecule has 1 N–H and O–H groups in total. The molecule has 5 nitrogen and oxygen atoms in total. The van der Waals surface area contributed by atoms with Crippen molar-refractivity contribution in [2.75, 3.05) is 5.32 Å². The molecule has 3 rings (SSSR count). The molecule has 1 aromatic carbocycles. The Bertz CT molecular complexity index is 1080. The Labute approximate surface area is 174 Å². The van der Waals surface area contributed by atoms with Gasteiger partial charge in [-0.1, -0.05) is 47.1 Å². The van der Waals surface area contributed by atoms with E-state index in [2.05, 4.69) is 16.9 Å². The molecule has 0 fully saturated rings. The lowest BCUT2D eigenvalue weighted by Gasteiger charge is -2.15. The third kappa shape index (κ3) is 4.21. The van der Waals surface area contributed by atoms with Crippen LogP contribution >= 0.6 is 46.3 Å². The lowest BCUT2D eigenvalue weighted by molar-refractivity contribution is -0.115. The lowest BCUT2D eigenvalue weighted by Crippen LogP contribution is -2.26. The highest BCUT2D eigenvalue weighted by Gasteiger charge is 2.20. The maximum Gasteiger partial charge on any atom is 0.263 e. The summed E-state index contributed by atoms with van der Waals surface area (Å²) >= 11 is 14.7. The maximum absolute atomic E-state index is 12.7. The summed E-state index contributed by atoms with van der Waals surface area (Å²) in [6, 6.07) is 6.77. The molecular weight excluding hydrogens is 425 g/mol. The molecule has 0 spiro atoms. The van der Waals surface area contributed by atoms with Gasteiger partial charge in [0.1, 0.15) is 4.83 Å². The molecule has 2 heterocycles. The minimum atomic E-state index is -0.513. The summed E-state index contributed by atoms with van der Waals surface area (Å²) in [7, 11) is 0. The van der Waals surface area contributed by atoms with Crippen molar-refractivity contribution in [3.63, 3.8) is 0 Å². The molecule has 0 aliphatic heterocycles. The Morgan fingerprint density at radius 1 is 1.44 bits per heavy atom. The molecule has 0 aliphatic carbocycles. The second kappa shape index (κ2) is 8.48. The zero-order valence-electron chi connectivity index (χ0n) is 14.2. The Hall–Kier alpha value is -1.80. The average molecular weight is 440 g/mol. The first-order valence-corrected chi connectivity index (χ1v) is 10.4. The SMILES string of the molecule is C=CCn1c(SC(C)C(=O)Nc2cccc(Cl)c2Cl)nc2sccc2c1=O. The summed E-state index contributed by atoms with van der Waals surface area (Å²) in [6.45, 7) is 5.74. The van der Waals surface area contributed by atoms with E-state index in [1.165, 1.54) is 27.7 Å². The number of hydrogen-bond acceptors (Lipinski definition) is 5. The van der Waals surface area contributed by atoms with Gasteiger partial charge in [-0.25, -0.2) is 4.98 Å². The maximum atomic E-state index is 12.7. The predicted molar refractivity (Wildman–Crippen MR) is 114 cm³/mol. The van der Waals surface area contributed by atoms with Crippen LogP contribution in [0.2, 0.25) is 10.0 Å². The number of nitrogens with zero attached hydrogens (tertiary/aromatic N) is 2. The molecule has 1 unspecified atom stereocenters. The number of thioether (sulfide) groups is 1. The Balaban J connectivity index is 1.86. The number of aromatic nitrogens is 2. The second-order valence-corrected chi connectivity index (χ2v) is 8.58. The third-order valence-corrected chi connectivity index (χ3v) is 6.44. The van der Waals surface area contributed by atoms with Gasteiger partial charge in [-0.15, -0.1) is 17.9 Å². The van der Waals surface area contributed by atoms with Gasteiger partial charge in [-0.3, -0.25) is 14.2 Å². The number of carbonyl (C=O) groups is 1. The van der Waals surface area contributed by atoms with Crippen LogP contribution in [-0.2, 0) is 11.3 Å². The zero-order chi connectivity index (χ0) is 19.6. The number of allylic oxidation sites excluding steroid dienone is 1. The molecule has 0 saturated heterocycles. The molecule has 27 heavy (non-hydrogen) atoms. The minimum absolute atomic E-state index is 0.144.